The fourth-order valence-electron chi connectivity index (χ4n) is 3.39. The summed E-state index contributed by atoms with van der Waals surface area (Å²) in [5, 5.41) is 10.8. The summed E-state index contributed by atoms with van der Waals surface area (Å²) in [6.45, 7) is 3.88. The SMILES string of the molecule is O[C@H](COCCOc1ccc(Cl)cc1)CN1CCN(c2cccc(C(F)(F)F)c2)CC1. The van der Waals surface area contributed by atoms with Gasteiger partial charge >= 0.3 is 6.18 Å². The van der Waals surface area contributed by atoms with Gasteiger partial charge in [-0.1, -0.05) is 17.7 Å². The molecule has 0 aliphatic carbocycles. The zero-order valence-electron chi connectivity index (χ0n) is 17.0. The van der Waals surface area contributed by atoms with E-state index < -0.39 is 17.8 Å². The van der Waals surface area contributed by atoms with Crippen LogP contribution in [0.4, 0.5) is 18.9 Å². The summed E-state index contributed by atoms with van der Waals surface area (Å²) in [6.07, 6.45) is -4.99. The quantitative estimate of drug-likeness (QED) is 0.577. The van der Waals surface area contributed by atoms with Gasteiger partial charge in [0.2, 0.25) is 0 Å². The van der Waals surface area contributed by atoms with Gasteiger partial charge in [-0.05, 0) is 42.5 Å². The topological polar surface area (TPSA) is 45.2 Å². The number of hydrogen-bond donors (Lipinski definition) is 1. The molecule has 0 radical (unpaired) electrons. The molecule has 1 N–H and O–H groups in total. The molecule has 9 heteroatoms. The molecule has 2 aromatic carbocycles. The van der Waals surface area contributed by atoms with Gasteiger partial charge in [0, 0.05) is 43.4 Å². The molecule has 5 nitrogen and oxygen atoms in total. The fraction of sp³-hybridized carbons (Fsp3) is 0.455. The number of benzene rings is 2. The van der Waals surface area contributed by atoms with Crippen molar-refractivity contribution in [3.05, 3.63) is 59.1 Å². The average Bonchev–Trinajstić information content (AvgIpc) is 2.75. The molecule has 1 aliphatic heterocycles. The molecule has 1 saturated heterocycles. The predicted molar refractivity (Wildman–Crippen MR) is 114 cm³/mol. The van der Waals surface area contributed by atoms with E-state index in [0.717, 1.165) is 6.07 Å². The van der Waals surface area contributed by atoms with Crippen LogP contribution >= 0.6 is 11.6 Å². The van der Waals surface area contributed by atoms with Crippen molar-refractivity contribution in [2.75, 3.05) is 57.4 Å². The first kappa shape index (κ1) is 23.7. The number of ether oxygens (including phenoxy) is 2. The van der Waals surface area contributed by atoms with Crippen molar-refractivity contribution in [1.82, 2.24) is 4.90 Å². The molecule has 0 aromatic heterocycles. The van der Waals surface area contributed by atoms with Gasteiger partial charge in [-0.3, -0.25) is 4.90 Å². The molecule has 0 spiro atoms. The van der Waals surface area contributed by atoms with Gasteiger partial charge < -0.3 is 19.5 Å². The van der Waals surface area contributed by atoms with Gasteiger partial charge in [0.25, 0.3) is 0 Å². The molecule has 1 fully saturated rings. The second kappa shape index (κ2) is 11.0. The van der Waals surface area contributed by atoms with Crippen LogP contribution in [0.15, 0.2) is 48.5 Å². The minimum Gasteiger partial charge on any atom is -0.491 e. The molecule has 1 atom stereocenters. The van der Waals surface area contributed by atoms with Crippen molar-refractivity contribution < 1.29 is 27.8 Å². The lowest BCUT2D eigenvalue weighted by Gasteiger charge is -2.37. The Morgan fingerprint density at radius 3 is 2.39 bits per heavy atom. The van der Waals surface area contributed by atoms with Gasteiger partial charge in [-0.15, -0.1) is 0 Å². The monoisotopic (exact) mass is 458 g/mol. The second-order valence-corrected chi connectivity index (χ2v) is 7.80. The first-order valence-corrected chi connectivity index (χ1v) is 10.5. The number of halogens is 4. The highest BCUT2D eigenvalue weighted by Crippen LogP contribution is 2.31. The number of rotatable bonds is 9. The molecule has 1 heterocycles. The Balaban J connectivity index is 1.32. The van der Waals surface area contributed by atoms with Crippen molar-refractivity contribution in [2.24, 2.45) is 0 Å². The van der Waals surface area contributed by atoms with Crippen LogP contribution in [0.1, 0.15) is 5.56 Å². The van der Waals surface area contributed by atoms with E-state index in [1.807, 2.05) is 4.90 Å². The first-order valence-electron chi connectivity index (χ1n) is 10.1. The van der Waals surface area contributed by atoms with Gasteiger partial charge in [-0.25, -0.2) is 0 Å². The maximum Gasteiger partial charge on any atom is 0.416 e. The Kier molecular flexibility index (Phi) is 8.43. The molecule has 0 bridgehead atoms. The number of anilines is 1. The molecule has 0 saturated carbocycles. The van der Waals surface area contributed by atoms with Gasteiger partial charge in [0.1, 0.15) is 12.4 Å². The summed E-state index contributed by atoms with van der Waals surface area (Å²) in [7, 11) is 0. The largest absolute Gasteiger partial charge is 0.491 e. The Labute approximate surface area is 184 Å². The molecule has 0 unspecified atom stereocenters. The molecule has 2 aromatic rings. The first-order chi connectivity index (χ1) is 14.8. The summed E-state index contributed by atoms with van der Waals surface area (Å²) in [4.78, 5) is 4.02. The molecule has 170 valence electrons. The van der Waals surface area contributed by atoms with Crippen LogP contribution in [-0.4, -0.2) is 68.7 Å². The number of hydrogen-bond acceptors (Lipinski definition) is 5. The summed E-state index contributed by atoms with van der Waals surface area (Å²) in [5.41, 5.74) is -0.0703. The number of aliphatic hydroxyl groups excluding tert-OH is 1. The number of alkyl halides is 3. The average molecular weight is 459 g/mol. The Bertz CT molecular complexity index is 812. The van der Waals surface area contributed by atoms with E-state index in [9.17, 15) is 18.3 Å². The zero-order chi connectivity index (χ0) is 22.3. The molecule has 1 aliphatic rings. The highest BCUT2D eigenvalue weighted by molar-refractivity contribution is 6.30. The van der Waals surface area contributed by atoms with Gasteiger partial charge in [0.05, 0.1) is 24.9 Å². The van der Waals surface area contributed by atoms with E-state index in [-0.39, 0.29) is 6.61 Å². The highest BCUT2D eigenvalue weighted by atomic mass is 35.5. The maximum absolute atomic E-state index is 12.9. The third kappa shape index (κ3) is 7.57. The van der Waals surface area contributed by atoms with E-state index >= 15 is 0 Å². The number of β-amino-alcohol motifs (C(OH)–C–C–N with tert-alkyl or cyclic N) is 1. The third-order valence-electron chi connectivity index (χ3n) is 5.00. The lowest BCUT2D eigenvalue weighted by atomic mass is 10.1. The Hall–Kier alpha value is -2.00. The van der Waals surface area contributed by atoms with Crippen LogP contribution in [0.3, 0.4) is 0 Å². The van der Waals surface area contributed by atoms with Crippen molar-refractivity contribution in [3.8, 4) is 5.75 Å². The molecular weight excluding hydrogens is 433 g/mol. The smallest absolute Gasteiger partial charge is 0.416 e. The summed E-state index contributed by atoms with van der Waals surface area (Å²) >= 11 is 5.82. The van der Waals surface area contributed by atoms with Gasteiger partial charge in [-0.2, -0.15) is 13.2 Å². The standard InChI is InChI=1S/C22H26ClF3N2O3/c23-18-4-6-21(7-5-18)31-13-12-30-16-20(29)15-27-8-10-28(11-9-27)19-3-1-2-17(14-19)22(24,25)26/h1-7,14,20,29H,8-13,15-16H2/t20-/m0/s1. The number of aliphatic hydroxyl groups is 1. The molecule has 0 amide bonds. The van der Waals surface area contributed by atoms with Crippen LogP contribution in [-0.2, 0) is 10.9 Å². The van der Waals surface area contributed by atoms with Crippen LogP contribution in [0, 0.1) is 0 Å². The second-order valence-electron chi connectivity index (χ2n) is 7.37. The van der Waals surface area contributed by atoms with Crippen molar-refractivity contribution in [3.63, 3.8) is 0 Å². The number of nitrogens with zero attached hydrogens (tertiary/aromatic N) is 2. The van der Waals surface area contributed by atoms with E-state index in [2.05, 4.69) is 4.90 Å². The lowest BCUT2D eigenvalue weighted by molar-refractivity contribution is -0.137. The molecule has 3 rings (SSSR count). The number of piperazine rings is 1. The van der Waals surface area contributed by atoms with E-state index in [1.54, 1.807) is 30.3 Å². The lowest BCUT2D eigenvalue weighted by Crippen LogP contribution is -2.49. The normalized spacial score (nSPS) is 16.4. The van der Waals surface area contributed by atoms with E-state index in [0.29, 0.717) is 62.4 Å². The minimum absolute atomic E-state index is 0.192. The van der Waals surface area contributed by atoms with Crippen molar-refractivity contribution >= 4 is 17.3 Å². The van der Waals surface area contributed by atoms with Gasteiger partial charge in [0.15, 0.2) is 0 Å². The Morgan fingerprint density at radius 1 is 1.00 bits per heavy atom. The van der Waals surface area contributed by atoms with Crippen molar-refractivity contribution in [2.45, 2.75) is 12.3 Å². The minimum atomic E-state index is -4.35. The van der Waals surface area contributed by atoms with Crippen LogP contribution < -0.4 is 9.64 Å². The van der Waals surface area contributed by atoms with E-state index in [1.165, 1.54) is 12.1 Å². The van der Waals surface area contributed by atoms with Crippen LogP contribution in [0.5, 0.6) is 5.75 Å². The highest BCUT2D eigenvalue weighted by Gasteiger charge is 2.31. The zero-order valence-corrected chi connectivity index (χ0v) is 17.8. The van der Waals surface area contributed by atoms with E-state index in [4.69, 9.17) is 21.1 Å². The summed E-state index contributed by atoms with van der Waals surface area (Å²) < 4.78 is 49.7. The summed E-state index contributed by atoms with van der Waals surface area (Å²) in [5.74, 6) is 0.701. The predicted octanol–water partition coefficient (Wildman–Crippen LogP) is 3.94. The fourth-order valence-corrected chi connectivity index (χ4v) is 3.51. The third-order valence-corrected chi connectivity index (χ3v) is 5.25. The Morgan fingerprint density at radius 2 is 1.71 bits per heavy atom. The summed E-state index contributed by atoms with van der Waals surface area (Å²) in [6, 6.07) is 12.4. The van der Waals surface area contributed by atoms with Crippen molar-refractivity contribution in [1.29, 1.82) is 0 Å². The molecular formula is C22H26ClF3N2O3. The molecule has 31 heavy (non-hydrogen) atoms. The maximum atomic E-state index is 12.9. The van der Waals surface area contributed by atoms with Crippen LogP contribution in [0.2, 0.25) is 5.02 Å². The van der Waals surface area contributed by atoms with Crippen LogP contribution in [0.25, 0.3) is 0 Å².